The topological polar surface area (TPSA) is 105 Å². The zero-order chi connectivity index (χ0) is 18.7. The highest BCUT2D eigenvalue weighted by Crippen LogP contribution is 2.06. The fraction of sp³-hybridized carbons (Fsp3) is 0.750. The molecule has 1 rings (SSSR count). The quantitative estimate of drug-likeness (QED) is 0.227. The first-order valence-electron chi connectivity index (χ1n) is 8.71. The van der Waals surface area contributed by atoms with Crippen molar-refractivity contribution in [3.8, 4) is 0 Å². The smallest absolute Gasteiger partial charge is 0.407 e. The Morgan fingerprint density at radius 3 is 2.54 bits per heavy atom. The van der Waals surface area contributed by atoms with Crippen molar-refractivity contribution in [3.05, 3.63) is 12.2 Å². The van der Waals surface area contributed by atoms with E-state index in [0.717, 1.165) is 25.3 Å². The minimum Gasteiger partial charge on any atom is -0.444 e. The molecule has 1 aromatic rings. The Morgan fingerprint density at radius 2 is 1.92 bits per heavy atom. The number of hydrogen-bond donors (Lipinski definition) is 3. The van der Waals surface area contributed by atoms with Gasteiger partial charge in [-0.1, -0.05) is 0 Å². The summed E-state index contributed by atoms with van der Waals surface area (Å²) < 4.78 is 7.14. The molecule has 10 heteroatoms. The SMILES string of the molecule is CCNC(=NCc1nncn1CC)NCCCNC(=O)OC(C)(C)C.I. The van der Waals surface area contributed by atoms with Crippen LogP contribution in [-0.4, -0.2) is 52.1 Å². The van der Waals surface area contributed by atoms with Gasteiger partial charge in [-0.3, -0.25) is 0 Å². The molecule has 150 valence electrons. The Kier molecular flexibility index (Phi) is 11.9. The molecule has 0 aliphatic carbocycles. The molecule has 1 heterocycles. The summed E-state index contributed by atoms with van der Waals surface area (Å²) >= 11 is 0. The Morgan fingerprint density at radius 1 is 1.23 bits per heavy atom. The second kappa shape index (κ2) is 12.7. The van der Waals surface area contributed by atoms with Gasteiger partial charge >= 0.3 is 6.09 Å². The molecule has 0 aliphatic heterocycles. The molecule has 0 aromatic carbocycles. The molecule has 3 N–H and O–H groups in total. The van der Waals surface area contributed by atoms with Crippen LogP contribution < -0.4 is 16.0 Å². The molecule has 0 atom stereocenters. The number of ether oxygens (including phenoxy) is 1. The van der Waals surface area contributed by atoms with Crippen LogP contribution in [0.15, 0.2) is 11.3 Å². The normalized spacial score (nSPS) is 11.5. The van der Waals surface area contributed by atoms with Gasteiger partial charge in [-0.2, -0.15) is 0 Å². The van der Waals surface area contributed by atoms with Crippen molar-refractivity contribution >= 4 is 36.0 Å². The summed E-state index contributed by atoms with van der Waals surface area (Å²) in [5.41, 5.74) is -0.480. The lowest BCUT2D eigenvalue weighted by atomic mass is 10.2. The van der Waals surface area contributed by atoms with E-state index < -0.39 is 11.7 Å². The number of nitrogens with one attached hydrogen (secondary N) is 3. The number of alkyl carbamates (subject to hydrolysis) is 1. The lowest BCUT2D eigenvalue weighted by Crippen LogP contribution is -2.39. The molecule has 0 aliphatic rings. The van der Waals surface area contributed by atoms with E-state index in [4.69, 9.17) is 4.74 Å². The van der Waals surface area contributed by atoms with E-state index in [1.807, 2.05) is 39.2 Å². The maximum absolute atomic E-state index is 11.5. The van der Waals surface area contributed by atoms with Crippen molar-refractivity contribution in [1.82, 2.24) is 30.7 Å². The molecule has 9 nitrogen and oxygen atoms in total. The monoisotopic (exact) mass is 481 g/mol. The van der Waals surface area contributed by atoms with Crippen molar-refractivity contribution in [3.63, 3.8) is 0 Å². The molecule has 0 bridgehead atoms. The third-order valence-corrected chi connectivity index (χ3v) is 3.07. The maximum atomic E-state index is 11.5. The van der Waals surface area contributed by atoms with E-state index in [2.05, 4.69) is 31.1 Å². The molecule has 0 saturated carbocycles. The highest BCUT2D eigenvalue weighted by molar-refractivity contribution is 14.0. The summed E-state index contributed by atoms with van der Waals surface area (Å²) in [4.78, 5) is 16.1. The summed E-state index contributed by atoms with van der Waals surface area (Å²) in [6.45, 7) is 12.8. The number of nitrogens with zero attached hydrogens (tertiary/aromatic N) is 4. The number of aliphatic imine (C=N–C) groups is 1. The number of halogens is 1. The Bertz CT molecular complexity index is 555. The van der Waals surface area contributed by atoms with E-state index in [9.17, 15) is 4.79 Å². The first-order chi connectivity index (χ1) is 11.9. The van der Waals surface area contributed by atoms with E-state index in [1.54, 1.807) is 6.33 Å². The lowest BCUT2D eigenvalue weighted by Gasteiger charge is -2.19. The zero-order valence-corrected chi connectivity index (χ0v) is 18.7. The van der Waals surface area contributed by atoms with Gasteiger partial charge in [0.05, 0.1) is 0 Å². The van der Waals surface area contributed by atoms with Gasteiger partial charge in [-0.25, -0.2) is 9.79 Å². The van der Waals surface area contributed by atoms with Crippen LogP contribution in [0.1, 0.15) is 46.9 Å². The predicted molar refractivity (Wildman–Crippen MR) is 113 cm³/mol. The Labute approximate surface area is 172 Å². The van der Waals surface area contributed by atoms with Gasteiger partial charge < -0.3 is 25.3 Å². The minimum atomic E-state index is -0.480. The van der Waals surface area contributed by atoms with Crippen LogP contribution >= 0.6 is 24.0 Å². The van der Waals surface area contributed by atoms with E-state index >= 15 is 0 Å². The lowest BCUT2D eigenvalue weighted by molar-refractivity contribution is 0.0527. The van der Waals surface area contributed by atoms with E-state index in [1.165, 1.54) is 0 Å². The maximum Gasteiger partial charge on any atom is 0.407 e. The van der Waals surface area contributed by atoms with Gasteiger partial charge in [0.1, 0.15) is 18.5 Å². The summed E-state index contributed by atoms with van der Waals surface area (Å²) in [6, 6.07) is 0. The van der Waals surface area contributed by atoms with Gasteiger partial charge in [-0.15, -0.1) is 34.2 Å². The fourth-order valence-electron chi connectivity index (χ4n) is 1.96. The molecular formula is C16H32IN7O2. The number of amides is 1. The standard InChI is InChI=1S/C16H31N7O2.HI/c1-6-17-14(20-11-13-22-21-12-23(13)7-2)18-9-8-10-19-15(24)25-16(3,4)5;/h12H,6-11H2,1-5H3,(H,19,24)(H2,17,18,20);1H. The van der Waals surface area contributed by atoms with Crippen molar-refractivity contribution in [2.24, 2.45) is 4.99 Å². The fourth-order valence-corrected chi connectivity index (χ4v) is 1.96. The number of carbonyl (C=O) groups excluding carboxylic acids is 1. The van der Waals surface area contributed by atoms with Crippen molar-refractivity contribution < 1.29 is 9.53 Å². The number of guanidine groups is 1. The molecule has 26 heavy (non-hydrogen) atoms. The predicted octanol–water partition coefficient (Wildman–Crippen LogP) is 1.89. The molecule has 1 amide bonds. The van der Waals surface area contributed by atoms with E-state index in [-0.39, 0.29) is 24.0 Å². The Balaban J connectivity index is 0.00000625. The van der Waals surface area contributed by atoms with Gasteiger partial charge in [-0.05, 0) is 41.0 Å². The number of aryl methyl sites for hydroxylation is 1. The summed E-state index contributed by atoms with van der Waals surface area (Å²) in [6.07, 6.45) is 2.06. The first kappa shape index (κ1) is 24.4. The third kappa shape index (κ3) is 10.4. The largest absolute Gasteiger partial charge is 0.444 e. The molecule has 0 fully saturated rings. The average Bonchev–Trinajstić information content (AvgIpc) is 2.97. The van der Waals surface area contributed by atoms with Crippen molar-refractivity contribution in [1.29, 1.82) is 0 Å². The second-order valence-electron chi connectivity index (χ2n) is 6.44. The average molecular weight is 481 g/mol. The molecule has 0 radical (unpaired) electrons. The molecule has 0 spiro atoms. The van der Waals surface area contributed by atoms with Gasteiger partial charge in [0, 0.05) is 26.2 Å². The number of aromatic nitrogens is 3. The number of hydrogen-bond acceptors (Lipinski definition) is 5. The molecule has 1 aromatic heterocycles. The zero-order valence-electron chi connectivity index (χ0n) is 16.3. The van der Waals surface area contributed by atoms with Crippen molar-refractivity contribution in [2.45, 2.75) is 59.7 Å². The van der Waals surface area contributed by atoms with Crippen LogP contribution in [0.4, 0.5) is 4.79 Å². The van der Waals surface area contributed by atoms with Crippen LogP contribution in [-0.2, 0) is 17.8 Å². The highest BCUT2D eigenvalue weighted by atomic mass is 127. The summed E-state index contributed by atoms with van der Waals surface area (Å²) in [5.74, 6) is 1.54. The van der Waals surface area contributed by atoms with Crippen LogP contribution in [0.5, 0.6) is 0 Å². The minimum absolute atomic E-state index is 0. The summed E-state index contributed by atoms with van der Waals surface area (Å²) in [5, 5.41) is 17.1. The molecule has 0 unspecified atom stereocenters. The molecule has 0 saturated heterocycles. The summed E-state index contributed by atoms with van der Waals surface area (Å²) in [7, 11) is 0. The van der Waals surface area contributed by atoms with Crippen LogP contribution in [0, 0.1) is 0 Å². The highest BCUT2D eigenvalue weighted by Gasteiger charge is 2.15. The van der Waals surface area contributed by atoms with Crippen LogP contribution in [0.2, 0.25) is 0 Å². The van der Waals surface area contributed by atoms with E-state index in [0.29, 0.717) is 25.6 Å². The second-order valence-corrected chi connectivity index (χ2v) is 6.44. The number of carbonyl (C=O) groups is 1. The van der Waals surface area contributed by atoms with Gasteiger partial charge in [0.2, 0.25) is 0 Å². The van der Waals surface area contributed by atoms with Crippen LogP contribution in [0.25, 0.3) is 0 Å². The number of rotatable bonds is 8. The van der Waals surface area contributed by atoms with Gasteiger partial charge in [0.25, 0.3) is 0 Å². The Hall–Kier alpha value is -1.59. The van der Waals surface area contributed by atoms with Crippen LogP contribution in [0.3, 0.4) is 0 Å². The first-order valence-corrected chi connectivity index (χ1v) is 8.71. The van der Waals surface area contributed by atoms with Gasteiger partial charge in [0.15, 0.2) is 11.8 Å². The molecular weight excluding hydrogens is 449 g/mol. The third-order valence-electron chi connectivity index (χ3n) is 3.07. The van der Waals surface area contributed by atoms with Crippen molar-refractivity contribution in [2.75, 3.05) is 19.6 Å².